The minimum absolute atomic E-state index is 0.189. The molecule has 0 fully saturated rings. The molecule has 0 amide bonds. The molecule has 0 aliphatic heterocycles. The lowest BCUT2D eigenvalue weighted by molar-refractivity contribution is -0.138. The van der Waals surface area contributed by atoms with Crippen molar-refractivity contribution >= 4 is 17.6 Å². The van der Waals surface area contributed by atoms with E-state index in [1.807, 2.05) is 0 Å². The zero-order chi connectivity index (χ0) is 16.8. The average molecular weight is 319 g/mol. The van der Waals surface area contributed by atoms with Gasteiger partial charge in [-0.1, -0.05) is 0 Å². The smallest absolute Gasteiger partial charge is 0.354 e. The Labute approximate surface area is 131 Å². The molecule has 1 N–H and O–H groups in total. The standard InChI is InChI=1S/C15H14FN3O4/c1-22-14(20)8-12(15(21)23-2)18-11-7-10(16)3-4-13(11)19-6-5-17-9-19/h3-9,18H,1-2H3/b12-8+. The van der Waals surface area contributed by atoms with Crippen molar-refractivity contribution in [2.24, 2.45) is 0 Å². The monoisotopic (exact) mass is 319 g/mol. The van der Waals surface area contributed by atoms with Crippen LogP contribution in [0.1, 0.15) is 0 Å². The third kappa shape index (κ3) is 3.94. The fourth-order valence-corrected chi connectivity index (χ4v) is 1.81. The molecule has 8 heteroatoms. The number of methoxy groups -OCH3 is 2. The molecular weight excluding hydrogens is 305 g/mol. The van der Waals surface area contributed by atoms with E-state index in [1.165, 1.54) is 31.6 Å². The molecule has 0 atom stereocenters. The number of halogens is 1. The van der Waals surface area contributed by atoms with Crippen molar-refractivity contribution in [2.45, 2.75) is 0 Å². The first-order valence-electron chi connectivity index (χ1n) is 6.48. The van der Waals surface area contributed by atoms with E-state index in [1.54, 1.807) is 17.0 Å². The Morgan fingerprint density at radius 1 is 1.30 bits per heavy atom. The van der Waals surface area contributed by atoms with Gasteiger partial charge in [-0.15, -0.1) is 0 Å². The first-order valence-corrected chi connectivity index (χ1v) is 6.48. The molecule has 0 saturated heterocycles. The Bertz CT molecular complexity index is 741. The van der Waals surface area contributed by atoms with Crippen molar-refractivity contribution in [3.05, 3.63) is 54.5 Å². The van der Waals surface area contributed by atoms with Crippen LogP contribution in [0.15, 0.2) is 48.7 Å². The lowest BCUT2D eigenvalue weighted by atomic mass is 10.2. The summed E-state index contributed by atoms with van der Waals surface area (Å²) in [6.07, 6.45) is 5.65. The number of aromatic nitrogens is 2. The number of hydrogen-bond acceptors (Lipinski definition) is 6. The minimum Gasteiger partial charge on any atom is -0.466 e. The van der Waals surface area contributed by atoms with Gasteiger partial charge in [0.15, 0.2) is 0 Å². The van der Waals surface area contributed by atoms with Gasteiger partial charge in [-0.3, -0.25) is 0 Å². The van der Waals surface area contributed by atoms with Crippen LogP contribution in [0.3, 0.4) is 0 Å². The maximum atomic E-state index is 13.6. The van der Waals surface area contributed by atoms with E-state index in [0.717, 1.165) is 13.2 Å². The van der Waals surface area contributed by atoms with Crippen LogP contribution >= 0.6 is 0 Å². The molecular formula is C15H14FN3O4. The molecule has 0 aliphatic rings. The summed E-state index contributed by atoms with van der Waals surface area (Å²) in [7, 11) is 2.34. The van der Waals surface area contributed by atoms with Gasteiger partial charge in [0.25, 0.3) is 0 Å². The molecule has 120 valence electrons. The number of rotatable bonds is 5. The SMILES string of the molecule is COC(=O)/C=C(/Nc1cc(F)ccc1-n1ccnc1)C(=O)OC. The van der Waals surface area contributed by atoms with Gasteiger partial charge in [0.1, 0.15) is 11.5 Å². The maximum absolute atomic E-state index is 13.6. The molecule has 1 heterocycles. The van der Waals surface area contributed by atoms with E-state index in [-0.39, 0.29) is 11.4 Å². The summed E-state index contributed by atoms with van der Waals surface area (Å²) in [5.74, 6) is -2.06. The fourth-order valence-electron chi connectivity index (χ4n) is 1.81. The Kier molecular flexibility index (Phi) is 5.08. The minimum atomic E-state index is -0.795. The maximum Gasteiger partial charge on any atom is 0.354 e. The first kappa shape index (κ1) is 16.2. The molecule has 0 saturated carbocycles. The topological polar surface area (TPSA) is 82.5 Å². The number of carbonyl (C=O) groups is 2. The number of imidazole rings is 1. The second-order valence-electron chi connectivity index (χ2n) is 4.33. The van der Waals surface area contributed by atoms with E-state index in [2.05, 4.69) is 19.8 Å². The summed E-state index contributed by atoms with van der Waals surface area (Å²) in [5, 5.41) is 2.69. The van der Waals surface area contributed by atoms with E-state index >= 15 is 0 Å². The van der Waals surface area contributed by atoms with Crippen molar-refractivity contribution in [3.63, 3.8) is 0 Å². The quantitative estimate of drug-likeness (QED) is 0.666. The summed E-state index contributed by atoms with van der Waals surface area (Å²) < 4.78 is 24.3. The first-order chi connectivity index (χ1) is 11.0. The van der Waals surface area contributed by atoms with Crippen molar-refractivity contribution in [1.29, 1.82) is 0 Å². The molecule has 0 bridgehead atoms. The van der Waals surface area contributed by atoms with Crippen molar-refractivity contribution < 1.29 is 23.5 Å². The number of ether oxygens (including phenoxy) is 2. The number of hydrogen-bond donors (Lipinski definition) is 1. The lowest BCUT2D eigenvalue weighted by Crippen LogP contribution is -2.16. The van der Waals surface area contributed by atoms with Crippen LogP contribution in [0.5, 0.6) is 0 Å². The van der Waals surface area contributed by atoms with E-state index in [4.69, 9.17) is 0 Å². The Morgan fingerprint density at radius 2 is 2.09 bits per heavy atom. The Hall–Kier alpha value is -3.16. The van der Waals surface area contributed by atoms with Crippen LogP contribution in [0, 0.1) is 5.82 Å². The predicted molar refractivity (Wildman–Crippen MR) is 79.3 cm³/mol. The van der Waals surface area contributed by atoms with Gasteiger partial charge in [0, 0.05) is 12.4 Å². The third-order valence-corrected chi connectivity index (χ3v) is 2.88. The highest BCUT2D eigenvalue weighted by atomic mass is 19.1. The van der Waals surface area contributed by atoms with Crippen LogP contribution in [0.2, 0.25) is 0 Å². The van der Waals surface area contributed by atoms with Crippen LogP contribution in [-0.4, -0.2) is 35.7 Å². The molecule has 1 aromatic heterocycles. The fraction of sp³-hybridized carbons (Fsp3) is 0.133. The number of esters is 2. The summed E-state index contributed by atoms with van der Waals surface area (Å²) >= 11 is 0. The van der Waals surface area contributed by atoms with Crippen LogP contribution in [0.4, 0.5) is 10.1 Å². The Morgan fingerprint density at radius 3 is 2.70 bits per heavy atom. The van der Waals surface area contributed by atoms with E-state index in [0.29, 0.717) is 5.69 Å². The number of benzene rings is 1. The largest absolute Gasteiger partial charge is 0.466 e. The lowest BCUT2D eigenvalue weighted by Gasteiger charge is -2.14. The molecule has 0 radical (unpaired) electrons. The van der Waals surface area contributed by atoms with Crippen LogP contribution in [-0.2, 0) is 19.1 Å². The molecule has 23 heavy (non-hydrogen) atoms. The second kappa shape index (κ2) is 7.21. The van der Waals surface area contributed by atoms with E-state index in [9.17, 15) is 14.0 Å². The number of carbonyl (C=O) groups excluding carboxylic acids is 2. The van der Waals surface area contributed by atoms with Gasteiger partial charge in [0.05, 0.1) is 38.0 Å². The summed E-state index contributed by atoms with van der Waals surface area (Å²) in [5.41, 5.74) is 0.596. The summed E-state index contributed by atoms with van der Waals surface area (Å²) in [6.45, 7) is 0. The number of anilines is 1. The molecule has 0 spiro atoms. The van der Waals surface area contributed by atoms with Gasteiger partial charge in [-0.2, -0.15) is 0 Å². The zero-order valence-corrected chi connectivity index (χ0v) is 12.4. The summed E-state index contributed by atoms with van der Waals surface area (Å²) in [4.78, 5) is 27.1. The van der Waals surface area contributed by atoms with Gasteiger partial charge in [-0.25, -0.2) is 19.0 Å². The van der Waals surface area contributed by atoms with Gasteiger partial charge >= 0.3 is 11.9 Å². The van der Waals surface area contributed by atoms with Crippen LogP contribution < -0.4 is 5.32 Å². The number of nitrogens with one attached hydrogen (secondary N) is 1. The van der Waals surface area contributed by atoms with Crippen molar-refractivity contribution in [2.75, 3.05) is 19.5 Å². The third-order valence-electron chi connectivity index (χ3n) is 2.88. The van der Waals surface area contributed by atoms with Gasteiger partial charge in [-0.05, 0) is 18.2 Å². The zero-order valence-electron chi connectivity index (χ0n) is 12.4. The van der Waals surface area contributed by atoms with E-state index < -0.39 is 17.8 Å². The highest BCUT2D eigenvalue weighted by Gasteiger charge is 2.15. The molecule has 2 rings (SSSR count). The van der Waals surface area contributed by atoms with Crippen molar-refractivity contribution in [1.82, 2.24) is 9.55 Å². The molecule has 7 nitrogen and oxygen atoms in total. The van der Waals surface area contributed by atoms with Gasteiger partial charge in [0.2, 0.25) is 0 Å². The molecule has 0 aliphatic carbocycles. The average Bonchev–Trinajstić information content (AvgIpc) is 3.07. The van der Waals surface area contributed by atoms with Crippen molar-refractivity contribution in [3.8, 4) is 5.69 Å². The molecule has 2 aromatic rings. The Balaban J connectivity index is 2.44. The normalized spacial score (nSPS) is 11.0. The summed E-state index contributed by atoms with van der Waals surface area (Å²) in [6, 6.07) is 3.96. The number of nitrogens with zero attached hydrogens (tertiary/aromatic N) is 2. The highest BCUT2D eigenvalue weighted by Crippen LogP contribution is 2.23. The van der Waals surface area contributed by atoms with Crippen LogP contribution in [0.25, 0.3) is 5.69 Å². The van der Waals surface area contributed by atoms with Gasteiger partial charge < -0.3 is 19.4 Å². The highest BCUT2D eigenvalue weighted by molar-refractivity contribution is 5.99. The molecule has 0 unspecified atom stereocenters. The predicted octanol–water partition coefficient (Wildman–Crippen LogP) is 1.65. The second-order valence-corrected chi connectivity index (χ2v) is 4.33. The molecule has 1 aromatic carbocycles.